The molecule has 0 aromatic heterocycles. The fraction of sp³-hybridized carbons (Fsp3) is 0.273. The molecule has 0 aliphatic heterocycles. The molecule has 1 aromatic rings. The first-order chi connectivity index (χ1) is 6.67. The molecular weight excluding hydrogens is 203 g/mol. The van der Waals surface area contributed by atoms with Crippen LogP contribution in [0, 0.1) is 5.82 Å². The number of hydrogen-bond donors (Lipinski definition) is 0. The van der Waals surface area contributed by atoms with Crippen LogP contribution in [0.2, 0.25) is 0 Å². The number of halogens is 2. The van der Waals surface area contributed by atoms with Crippen molar-refractivity contribution in [1.82, 2.24) is 0 Å². The Morgan fingerprint density at radius 3 is 2.79 bits per heavy atom. The summed E-state index contributed by atoms with van der Waals surface area (Å²) in [6.07, 6.45) is 1.84. The molecule has 0 heterocycles. The van der Waals surface area contributed by atoms with Crippen molar-refractivity contribution in [3.05, 3.63) is 35.2 Å². The average Bonchev–Trinajstić information content (AvgIpc) is 2.18. The number of alkyl halides is 1. The summed E-state index contributed by atoms with van der Waals surface area (Å²) in [4.78, 5) is 0. The second kappa shape index (κ2) is 5.01. The van der Waals surface area contributed by atoms with Gasteiger partial charge in [-0.1, -0.05) is 17.7 Å². The molecular formula is C11H12ClFO. The third-order valence-electron chi connectivity index (χ3n) is 1.80. The Hall–Kier alpha value is -1.02. The predicted octanol–water partition coefficient (Wildman–Crippen LogP) is 3.48. The Bertz CT molecular complexity index is 347. The summed E-state index contributed by atoms with van der Waals surface area (Å²) in [5.74, 6) is 0.350. The summed E-state index contributed by atoms with van der Waals surface area (Å²) in [7, 11) is 1.44. The maximum atomic E-state index is 13.2. The van der Waals surface area contributed by atoms with Gasteiger partial charge in [0.15, 0.2) is 11.6 Å². The van der Waals surface area contributed by atoms with E-state index in [9.17, 15) is 4.39 Å². The van der Waals surface area contributed by atoms with E-state index < -0.39 is 0 Å². The second-order valence-electron chi connectivity index (χ2n) is 3.02. The molecule has 0 saturated carbocycles. The van der Waals surface area contributed by atoms with Crippen LogP contribution in [-0.2, 0) is 0 Å². The van der Waals surface area contributed by atoms with Gasteiger partial charge in [-0.2, -0.15) is 0 Å². The summed E-state index contributed by atoms with van der Waals surface area (Å²) in [6, 6.07) is 4.82. The number of ether oxygens (including phenoxy) is 1. The van der Waals surface area contributed by atoms with Crippen LogP contribution >= 0.6 is 11.6 Å². The van der Waals surface area contributed by atoms with E-state index in [1.807, 2.05) is 13.0 Å². The quantitative estimate of drug-likeness (QED) is 0.700. The molecule has 0 saturated heterocycles. The molecule has 0 spiro atoms. The maximum Gasteiger partial charge on any atom is 0.165 e. The summed E-state index contributed by atoms with van der Waals surface area (Å²) in [5.41, 5.74) is 1.79. The lowest BCUT2D eigenvalue weighted by molar-refractivity contribution is 0.386. The Balaban J connectivity index is 2.97. The van der Waals surface area contributed by atoms with Crippen molar-refractivity contribution in [2.45, 2.75) is 6.92 Å². The van der Waals surface area contributed by atoms with Crippen molar-refractivity contribution < 1.29 is 9.13 Å². The van der Waals surface area contributed by atoms with E-state index in [4.69, 9.17) is 16.3 Å². The number of allylic oxidation sites excluding steroid dienone is 1. The monoisotopic (exact) mass is 214 g/mol. The lowest BCUT2D eigenvalue weighted by atomic mass is 10.1. The highest BCUT2D eigenvalue weighted by molar-refractivity contribution is 6.19. The fourth-order valence-electron chi connectivity index (χ4n) is 1.10. The summed E-state index contributed by atoms with van der Waals surface area (Å²) < 4.78 is 18.0. The highest BCUT2D eigenvalue weighted by atomic mass is 35.5. The second-order valence-corrected chi connectivity index (χ2v) is 3.29. The van der Waals surface area contributed by atoms with Gasteiger partial charge in [-0.25, -0.2) is 4.39 Å². The van der Waals surface area contributed by atoms with Crippen molar-refractivity contribution in [3.63, 3.8) is 0 Å². The van der Waals surface area contributed by atoms with Crippen LogP contribution < -0.4 is 4.74 Å². The first-order valence-electron chi connectivity index (χ1n) is 4.24. The number of benzene rings is 1. The predicted molar refractivity (Wildman–Crippen MR) is 57.3 cm³/mol. The molecule has 1 aromatic carbocycles. The molecule has 3 heteroatoms. The van der Waals surface area contributed by atoms with E-state index in [0.717, 1.165) is 11.1 Å². The normalized spacial score (nSPS) is 11.6. The molecule has 1 rings (SSSR count). The van der Waals surface area contributed by atoms with Crippen LogP contribution in [0.25, 0.3) is 6.08 Å². The Kier molecular flexibility index (Phi) is 3.96. The van der Waals surface area contributed by atoms with Crippen molar-refractivity contribution in [2.75, 3.05) is 13.0 Å². The highest BCUT2D eigenvalue weighted by Crippen LogP contribution is 2.19. The first kappa shape index (κ1) is 11.1. The van der Waals surface area contributed by atoms with Crippen molar-refractivity contribution in [1.29, 1.82) is 0 Å². The van der Waals surface area contributed by atoms with E-state index in [0.29, 0.717) is 5.88 Å². The van der Waals surface area contributed by atoms with E-state index >= 15 is 0 Å². The van der Waals surface area contributed by atoms with Crippen LogP contribution in [0.5, 0.6) is 5.75 Å². The molecule has 0 radical (unpaired) electrons. The molecule has 0 fully saturated rings. The Labute approximate surface area is 88.1 Å². The first-order valence-corrected chi connectivity index (χ1v) is 4.77. The largest absolute Gasteiger partial charge is 0.494 e. The minimum atomic E-state index is -0.358. The van der Waals surface area contributed by atoms with Gasteiger partial charge in [-0.3, -0.25) is 0 Å². The average molecular weight is 215 g/mol. The summed E-state index contributed by atoms with van der Waals surface area (Å²) >= 11 is 5.61. The van der Waals surface area contributed by atoms with Gasteiger partial charge in [0, 0.05) is 5.88 Å². The van der Waals surface area contributed by atoms with E-state index in [1.165, 1.54) is 13.2 Å². The number of methoxy groups -OCH3 is 1. The molecule has 0 aliphatic carbocycles. The topological polar surface area (TPSA) is 9.23 Å². The van der Waals surface area contributed by atoms with Gasteiger partial charge < -0.3 is 4.74 Å². The van der Waals surface area contributed by atoms with E-state index in [-0.39, 0.29) is 11.6 Å². The molecule has 0 unspecified atom stereocenters. The number of rotatable bonds is 3. The van der Waals surface area contributed by atoms with Crippen LogP contribution in [0.4, 0.5) is 4.39 Å². The molecule has 0 bridgehead atoms. The molecule has 14 heavy (non-hydrogen) atoms. The van der Waals surface area contributed by atoms with Gasteiger partial charge in [-0.15, -0.1) is 11.6 Å². The summed E-state index contributed by atoms with van der Waals surface area (Å²) in [5, 5.41) is 0. The molecule has 1 nitrogen and oxygen atoms in total. The van der Waals surface area contributed by atoms with E-state index in [2.05, 4.69) is 0 Å². The molecule has 0 N–H and O–H groups in total. The molecule has 76 valence electrons. The van der Waals surface area contributed by atoms with Crippen LogP contribution in [0.3, 0.4) is 0 Å². The smallest absolute Gasteiger partial charge is 0.165 e. The van der Waals surface area contributed by atoms with Gasteiger partial charge in [0.1, 0.15) is 0 Å². The van der Waals surface area contributed by atoms with Crippen molar-refractivity contribution in [3.8, 4) is 5.75 Å². The van der Waals surface area contributed by atoms with Crippen LogP contribution in [0.1, 0.15) is 12.5 Å². The minimum Gasteiger partial charge on any atom is -0.494 e. The van der Waals surface area contributed by atoms with Gasteiger partial charge in [0.05, 0.1) is 7.11 Å². The SMILES string of the molecule is COc1ccc(C=C(C)CCl)cc1F. The highest BCUT2D eigenvalue weighted by Gasteiger charge is 2.01. The zero-order valence-electron chi connectivity index (χ0n) is 8.18. The van der Waals surface area contributed by atoms with Gasteiger partial charge in [-0.05, 0) is 24.6 Å². The van der Waals surface area contributed by atoms with Crippen LogP contribution in [-0.4, -0.2) is 13.0 Å². The summed E-state index contributed by atoms with van der Waals surface area (Å²) in [6.45, 7) is 1.90. The zero-order chi connectivity index (χ0) is 10.6. The Morgan fingerprint density at radius 2 is 2.29 bits per heavy atom. The molecule has 0 aliphatic rings. The van der Waals surface area contributed by atoms with Gasteiger partial charge >= 0.3 is 0 Å². The lowest BCUT2D eigenvalue weighted by Crippen LogP contribution is -1.88. The molecule has 0 atom stereocenters. The van der Waals surface area contributed by atoms with Crippen LogP contribution in [0.15, 0.2) is 23.8 Å². The number of hydrogen-bond acceptors (Lipinski definition) is 1. The van der Waals surface area contributed by atoms with Crippen molar-refractivity contribution in [2.24, 2.45) is 0 Å². The Morgan fingerprint density at radius 1 is 1.57 bits per heavy atom. The maximum absolute atomic E-state index is 13.2. The third kappa shape index (κ3) is 2.74. The van der Waals surface area contributed by atoms with Gasteiger partial charge in [0.25, 0.3) is 0 Å². The van der Waals surface area contributed by atoms with Gasteiger partial charge in [0.2, 0.25) is 0 Å². The fourth-order valence-corrected chi connectivity index (χ4v) is 1.17. The third-order valence-corrected chi connectivity index (χ3v) is 2.22. The van der Waals surface area contributed by atoms with E-state index in [1.54, 1.807) is 12.1 Å². The van der Waals surface area contributed by atoms with Crippen molar-refractivity contribution >= 4 is 17.7 Å². The lowest BCUT2D eigenvalue weighted by Gasteiger charge is -2.02. The zero-order valence-corrected chi connectivity index (χ0v) is 8.94. The standard InChI is InChI=1S/C11H12ClFO/c1-8(7-12)5-9-3-4-11(14-2)10(13)6-9/h3-6H,7H2,1-2H3. The minimum absolute atomic E-state index is 0.255. The molecule has 0 amide bonds.